The lowest BCUT2D eigenvalue weighted by Gasteiger charge is -2.36. The van der Waals surface area contributed by atoms with Crippen molar-refractivity contribution in [2.75, 3.05) is 25.1 Å². The predicted molar refractivity (Wildman–Crippen MR) is 123 cm³/mol. The third kappa shape index (κ3) is 3.36. The molecule has 7 heteroatoms. The zero-order chi connectivity index (χ0) is 22.4. The van der Waals surface area contributed by atoms with E-state index >= 15 is 0 Å². The maximum atomic E-state index is 15.0. The highest BCUT2D eigenvalue weighted by molar-refractivity contribution is 5.92. The monoisotopic (exact) mass is 443 g/mol. The number of para-hydroxylation sites is 1. The molecule has 0 aliphatic carbocycles. The molecule has 0 fully saturated rings. The van der Waals surface area contributed by atoms with Crippen molar-refractivity contribution in [2.45, 2.75) is 12.5 Å². The maximum absolute atomic E-state index is 15.0. The number of aromatic amines is 1. The molecular formula is C26H22FN3O3. The zero-order valence-corrected chi connectivity index (χ0v) is 17.8. The molecule has 4 aromatic rings. The number of nitrogens with zero attached hydrogens (tertiary/aromatic N) is 1. The molecule has 6 rings (SSSR count). The second kappa shape index (κ2) is 7.85. The van der Waals surface area contributed by atoms with Gasteiger partial charge in [-0.15, -0.1) is 0 Å². The zero-order valence-electron chi connectivity index (χ0n) is 17.8. The highest BCUT2D eigenvalue weighted by atomic mass is 19.1. The Morgan fingerprint density at radius 1 is 1.00 bits per heavy atom. The van der Waals surface area contributed by atoms with E-state index in [1.54, 1.807) is 41.3 Å². The molecule has 0 saturated heterocycles. The van der Waals surface area contributed by atoms with Crippen LogP contribution in [-0.2, 0) is 6.42 Å². The second-order valence-electron chi connectivity index (χ2n) is 8.22. The van der Waals surface area contributed by atoms with E-state index in [0.29, 0.717) is 48.9 Å². The Hall–Kier alpha value is -4.00. The lowest BCUT2D eigenvalue weighted by atomic mass is 9.92. The minimum Gasteiger partial charge on any atom is -0.486 e. The Bertz CT molecular complexity index is 1370. The third-order valence-electron chi connectivity index (χ3n) is 6.29. The smallest absolute Gasteiger partial charge is 0.322 e. The van der Waals surface area contributed by atoms with Crippen LogP contribution in [0.2, 0.25) is 0 Å². The third-order valence-corrected chi connectivity index (χ3v) is 6.29. The molecule has 0 radical (unpaired) electrons. The summed E-state index contributed by atoms with van der Waals surface area (Å²) >= 11 is 0. The van der Waals surface area contributed by atoms with Crippen molar-refractivity contribution in [2.24, 2.45) is 0 Å². The fraction of sp³-hybridized carbons (Fsp3) is 0.192. The van der Waals surface area contributed by atoms with Gasteiger partial charge in [-0.2, -0.15) is 0 Å². The van der Waals surface area contributed by atoms with Crippen molar-refractivity contribution in [3.63, 3.8) is 0 Å². The summed E-state index contributed by atoms with van der Waals surface area (Å²) in [4.78, 5) is 18.6. The molecule has 2 N–H and O–H groups in total. The first kappa shape index (κ1) is 19.7. The van der Waals surface area contributed by atoms with Crippen LogP contribution in [0, 0.1) is 5.82 Å². The van der Waals surface area contributed by atoms with Gasteiger partial charge in [-0.1, -0.05) is 36.4 Å². The van der Waals surface area contributed by atoms with E-state index in [1.807, 2.05) is 18.2 Å². The van der Waals surface area contributed by atoms with Crippen molar-refractivity contribution in [1.29, 1.82) is 0 Å². The molecule has 1 aromatic heterocycles. The average molecular weight is 443 g/mol. The van der Waals surface area contributed by atoms with Gasteiger partial charge in [0, 0.05) is 40.5 Å². The number of benzene rings is 3. The number of urea groups is 1. The summed E-state index contributed by atoms with van der Waals surface area (Å²) in [6.45, 7) is 1.43. The van der Waals surface area contributed by atoms with Crippen molar-refractivity contribution in [3.05, 3.63) is 89.4 Å². The van der Waals surface area contributed by atoms with Crippen LogP contribution in [-0.4, -0.2) is 35.7 Å². The molecule has 3 aromatic carbocycles. The van der Waals surface area contributed by atoms with Gasteiger partial charge in [0.15, 0.2) is 11.5 Å². The number of halogens is 1. The number of carbonyl (C=O) groups excluding carboxylic acids is 1. The molecule has 0 unspecified atom stereocenters. The second-order valence-corrected chi connectivity index (χ2v) is 8.22. The van der Waals surface area contributed by atoms with Crippen LogP contribution in [0.1, 0.15) is 22.9 Å². The summed E-state index contributed by atoms with van der Waals surface area (Å²) in [5.41, 5.74) is 4.02. The molecule has 1 atom stereocenters. The van der Waals surface area contributed by atoms with Gasteiger partial charge in [-0.25, -0.2) is 9.18 Å². The van der Waals surface area contributed by atoms with Crippen molar-refractivity contribution >= 4 is 22.6 Å². The SMILES string of the molecule is O=C(Nc1ccc2c(c1)OCCO2)N1CCc2c([nH]c3ccccc23)[C@@H]1c1ccccc1F. The molecule has 3 heterocycles. The van der Waals surface area contributed by atoms with E-state index in [4.69, 9.17) is 9.47 Å². The highest BCUT2D eigenvalue weighted by Crippen LogP contribution is 2.40. The molecular weight excluding hydrogens is 421 g/mol. The van der Waals surface area contributed by atoms with Crippen molar-refractivity contribution in [1.82, 2.24) is 9.88 Å². The number of hydrogen-bond acceptors (Lipinski definition) is 3. The molecule has 2 aliphatic rings. The van der Waals surface area contributed by atoms with Gasteiger partial charge in [0.25, 0.3) is 0 Å². The fourth-order valence-corrected chi connectivity index (χ4v) is 4.80. The quantitative estimate of drug-likeness (QED) is 0.444. The van der Waals surface area contributed by atoms with Gasteiger partial charge in [0.05, 0.1) is 0 Å². The van der Waals surface area contributed by atoms with Gasteiger partial charge in [0.1, 0.15) is 25.1 Å². The predicted octanol–water partition coefficient (Wildman–Crippen LogP) is 5.26. The van der Waals surface area contributed by atoms with E-state index in [9.17, 15) is 9.18 Å². The van der Waals surface area contributed by atoms with E-state index < -0.39 is 6.04 Å². The number of H-pyrrole nitrogens is 1. The Labute approximate surface area is 189 Å². The van der Waals surface area contributed by atoms with Crippen LogP contribution in [0.15, 0.2) is 66.7 Å². The molecule has 0 spiro atoms. The van der Waals surface area contributed by atoms with Gasteiger partial charge in [0.2, 0.25) is 0 Å². The number of rotatable bonds is 2. The van der Waals surface area contributed by atoms with Crippen LogP contribution < -0.4 is 14.8 Å². The number of hydrogen-bond donors (Lipinski definition) is 2. The van der Waals surface area contributed by atoms with E-state index in [1.165, 1.54) is 6.07 Å². The summed E-state index contributed by atoms with van der Waals surface area (Å²) < 4.78 is 26.2. The van der Waals surface area contributed by atoms with Gasteiger partial charge in [-0.05, 0) is 36.2 Å². The lowest BCUT2D eigenvalue weighted by Crippen LogP contribution is -2.43. The van der Waals surface area contributed by atoms with Crippen LogP contribution in [0.5, 0.6) is 11.5 Å². The number of nitrogens with one attached hydrogen (secondary N) is 2. The normalized spacial score (nSPS) is 17.0. The van der Waals surface area contributed by atoms with Crippen LogP contribution in [0.3, 0.4) is 0 Å². The Balaban J connectivity index is 1.39. The molecule has 0 bridgehead atoms. The van der Waals surface area contributed by atoms with E-state index in [-0.39, 0.29) is 11.8 Å². The van der Waals surface area contributed by atoms with Gasteiger partial charge < -0.3 is 24.7 Å². The summed E-state index contributed by atoms with van der Waals surface area (Å²) in [6, 6.07) is 19.1. The molecule has 33 heavy (non-hydrogen) atoms. The van der Waals surface area contributed by atoms with Crippen molar-refractivity contribution in [3.8, 4) is 11.5 Å². The van der Waals surface area contributed by atoms with Crippen LogP contribution in [0.4, 0.5) is 14.9 Å². The standard InChI is InChI=1S/C26H22FN3O3/c27-20-7-3-1-6-19(20)25-24-18(17-5-2-4-8-21(17)29-24)11-12-30(25)26(31)28-16-9-10-22-23(15-16)33-14-13-32-22/h1-10,15,25,29H,11-14H2,(H,28,31)/t25-/m0/s1. The minimum atomic E-state index is -0.570. The lowest BCUT2D eigenvalue weighted by molar-refractivity contribution is 0.171. The summed E-state index contributed by atoms with van der Waals surface area (Å²) in [6.07, 6.45) is 0.679. The number of ether oxygens (including phenoxy) is 2. The number of carbonyl (C=O) groups is 1. The number of fused-ring (bicyclic) bond motifs is 4. The van der Waals surface area contributed by atoms with Gasteiger partial charge >= 0.3 is 6.03 Å². The number of amides is 2. The Morgan fingerprint density at radius 3 is 2.67 bits per heavy atom. The first-order valence-electron chi connectivity index (χ1n) is 11.0. The van der Waals surface area contributed by atoms with Gasteiger partial charge in [-0.3, -0.25) is 0 Å². The highest BCUT2D eigenvalue weighted by Gasteiger charge is 2.36. The summed E-state index contributed by atoms with van der Waals surface area (Å²) in [5.74, 6) is 0.913. The maximum Gasteiger partial charge on any atom is 0.322 e. The number of anilines is 1. The average Bonchev–Trinajstić information content (AvgIpc) is 3.23. The summed E-state index contributed by atoms with van der Waals surface area (Å²) in [7, 11) is 0. The molecule has 2 aliphatic heterocycles. The Kier molecular flexibility index (Phi) is 4.68. The Morgan fingerprint density at radius 2 is 1.79 bits per heavy atom. The molecule has 6 nitrogen and oxygen atoms in total. The first-order chi connectivity index (χ1) is 16.2. The van der Waals surface area contributed by atoms with Crippen molar-refractivity contribution < 1.29 is 18.7 Å². The number of aromatic nitrogens is 1. The van der Waals surface area contributed by atoms with Crippen LogP contribution >= 0.6 is 0 Å². The molecule has 166 valence electrons. The fourth-order valence-electron chi connectivity index (χ4n) is 4.80. The van der Waals surface area contributed by atoms with E-state index in [2.05, 4.69) is 16.4 Å². The topological polar surface area (TPSA) is 66.6 Å². The minimum absolute atomic E-state index is 0.302. The first-order valence-corrected chi connectivity index (χ1v) is 11.0. The van der Waals surface area contributed by atoms with Crippen LogP contribution in [0.25, 0.3) is 10.9 Å². The molecule has 2 amide bonds. The van der Waals surface area contributed by atoms with E-state index in [0.717, 1.165) is 22.2 Å². The molecule has 0 saturated carbocycles. The summed E-state index contributed by atoms with van der Waals surface area (Å²) in [5, 5.41) is 4.07. The largest absolute Gasteiger partial charge is 0.486 e.